The van der Waals surface area contributed by atoms with E-state index in [1.807, 2.05) is 32.8 Å². The van der Waals surface area contributed by atoms with Crippen molar-refractivity contribution in [3.8, 4) is 6.01 Å². The molecule has 21 heavy (non-hydrogen) atoms. The third-order valence-corrected chi connectivity index (χ3v) is 4.12. The fourth-order valence-electron chi connectivity index (χ4n) is 1.26. The first-order chi connectivity index (χ1) is 9.97. The van der Waals surface area contributed by atoms with Crippen LogP contribution in [0, 0.1) is 0 Å². The number of aromatic nitrogens is 5. The van der Waals surface area contributed by atoms with Crippen molar-refractivity contribution >= 4 is 34.2 Å². The molecule has 0 bridgehead atoms. The van der Waals surface area contributed by atoms with Crippen molar-refractivity contribution in [2.75, 3.05) is 31.4 Å². The first kappa shape index (κ1) is 15.7. The minimum atomic E-state index is -0.00294. The fourth-order valence-corrected chi connectivity index (χ4v) is 2.87. The number of hydrogen-bond acceptors (Lipinski definition) is 10. The van der Waals surface area contributed by atoms with Crippen LogP contribution >= 0.6 is 23.1 Å². The zero-order valence-electron chi connectivity index (χ0n) is 12.5. The molecule has 0 saturated heterocycles. The summed E-state index contributed by atoms with van der Waals surface area (Å²) >= 11 is 2.81. The van der Waals surface area contributed by atoms with Crippen LogP contribution in [-0.4, -0.2) is 52.4 Å². The highest BCUT2D eigenvalue weighted by Crippen LogP contribution is 2.31. The maximum absolute atomic E-state index is 5.52. The van der Waals surface area contributed by atoms with Gasteiger partial charge in [-0.15, -0.1) is 10.2 Å². The van der Waals surface area contributed by atoms with Gasteiger partial charge in [-0.25, -0.2) is 0 Å². The van der Waals surface area contributed by atoms with E-state index >= 15 is 0 Å². The lowest BCUT2D eigenvalue weighted by molar-refractivity contribution is 0.219. The normalized spacial score (nSPS) is 10.8. The monoisotopic (exact) mass is 327 g/mol. The van der Waals surface area contributed by atoms with Gasteiger partial charge in [0.05, 0.1) is 6.10 Å². The summed E-state index contributed by atoms with van der Waals surface area (Å²) in [5.41, 5.74) is 0. The second-order valence-corrected chi connectivity index (χ2v) is 6.66. The SMILES string of the molecule is CNc1nc(OC(C)C)nc(Sc2nnc(N(C)C)s2)n1. The summed E-state index contributed by atoms with van der Waals surface area (Å²) in [6.07, 6.45) is -0.00294. The Kier molecular flexibility index (Phi) is 5.12. The molecule has 2 heterocycles. The lowest BCUT2D eigenvalue weighted by atomic mass is 10.5. The number of ether oxygens (including phenoxy) is 1. The van der Waals surface area contributed by atoms with E-state index in [9.17, 15) is 0 Å². The van der Waals surface area contributed by atoms with Gasteiger partial charge in [-0.2, -0.15) is 15.0 Å². The third-order valence-electron chi connectivity index (χ3n) is 2.12. The number of rotatable bonds is 6. The van der Waals surface area contributed by atoms with Gasteiger partial charge in [-0.05, 0) is 25.6 Å². The molecule has 0 aliphatic rings. The molecule has 0 atom stereocenters. The Hall–Kier alpha value is -1.68. The number of anilines is 2. The molecule has 0 fully saturated rings. The van der Waals surface area contributed by atoms with E-state index in [0.717, 1.165) is 9.47 Å². The first-order valence-electron chi connectivity index (χ1n) is 6.27. The van der Waals surface area contributed by atoms with E-state index in [0.29, 0.717) is 17.1 Å². The van der Waals surface area contributed by atoms with E-state index in [-0.39, 0.29) is 6.10 Å². The first-order valence-corrected chi connectivity index (χ1v) is 7.90. The van der Waals surface area contributed by atoms with Gasteiger partial charge in [-0.3, -0.25) is 0 Å². The van der Waals surface area contributed by atoms with Crippen LogP contribution in [0.1, 0.15) is 13.8 Å². The predicted molar refractivity (Wildman–Crippen MR) is 83.5 cm³/mol. The maximum Gasteiger partial charge on any atom is 0.322 e. The highest BCUT2D eigenvalue weighted by atomic mass is 32.2. The lowest BCUT2D eigenvalue weighted by Gasteiger charge is -2.09. The second-order valence-electron chi connectivity index (χ2n) is 4.49. The van der Waals surface area contributed by atoms with E-state index < -0.39 is 0 Å². The highest BCUT2D eigenvalue weighted by molar-refractivity contribution is 8.00. The quantitative estimate of drug-likeness (QED) is 0.852. The van der Waals surface area contributed by atoms with Crippen molar-refractivity contribution in [2.45, 2.75) is 29.4 Å². The van der Waals surface area contributed by atoms with E-state index in [1.165, 1.54) is 23.1 Å². The van der Waals surface area contributed by atoms with E-state index in [4.69, 9.17) is 4.74 Å². The summed E-state index contributed by atoms with van der Waals surface area (Å²) in [7, 11) is 5.59. The molecule has 0 aromatic carbocycles. The van der Waals surface area contributed by atoms with E-state index in [1.54, 1.807) is 7.05 Å². The molecule has 0 saturated carbocycles. The maximum atomic E-state index is 5.52. The van der Waals surface area contributed by atoms with Crippen LogP contribution < -0.4 is 15.0 Å². The zero-order chi connectivity index (χ0) is 15.4. The molecule has 2 aromatic rings. The fraction of sp³-hybridized carbons (Fsp3) is 0.545. The summed E-state index contributed by atoms with van der Waals surface area (Å²) < 4.78 is 6.29. The molecular weight excluding hydrogens is 310 g/mol. The molecule has 0 radical (unpaired) electrons. The summed E-state index contributed by atoms with van der Waals surface area (Å²) in [6.45, 7) is 3.84. The van der Waals surface area contributed by atoms with Gasteiger partial charge in [0.15, 0.2) is 4.34 Å². The van der Waals surface area contributed by atoms with Crippen molar-refractivity contribution in [1.82, 2.24) is 25.1 Å². The summed E-state index contributed by atoms with van der Waals surface area (Å²) in [5.74, 6) is 0.459. The molecule has 0 spiro atoms. The van der Waals surface area contributed by atoms with Crippen LogP contribution in [0.5, 0.6) is 6.01 Å². The molecule has 114 valence electrons. The Morgan fingerprint density at radius 2 is 1.95 bits per heavy atom. The Labute approximate surface area is 131 Å². The van der Waals surface area contributed by atoms with Gasteiger partial charge in [0.2, 0.25) is 16.2 Å². The van der Waals surface area contributed by atoms with Crippen LogP contribution in [0.15, 0.2) is 9.50 Å². The molecule has 10 heteroatoms. The van der Waals surface area contributed by atoms with Gasteiger partial charge in [0.25, 0.3) is 0 Å². The third kappa shape index (κ3) is 4.39. The predicted octanol–water partition coefficient (Wildman–Crippen LogP) is 1.77. The molecule has 1 N–H and O–H groups in total. The average Bonchev–Trinajstić information content (AvgIpc) is 2.86. The van der Waals surface area contributed by atoms with Gasteiger partial charge in [-0.1, -0.05) is 11.3 Å². The molecule has 8 nitrogen and oxygen atoms in total. The zero-order valence-corrected chi connectivity index (χ0v) is 14.1. The second kappa shape index (κ2) is 6.85. The van der Waals surface area contributed by atoms with Crippen LogP contribution in [0.25, 0.3) is 0 Å². The molecular formula is C11H17N7OS2. The van der Waals surface area contributed by atoms with Crippen molar-refractivity contribution in [1.29, 1.82) is 0 Å². The van der Waals surface area contributed by atoms with Gasteiger partial charge < -0.3 is 15.0 Å². The van der Waals surface area contributed by atoms with Crippen molar-refractivity contribution in [3.63, 3.8) is 0 Å². The van der Waals surface area contributed by atoms with Gasteiger partial charge in [0, 0.05) is 21.1 Å². The minimum absolute atomic E-state index is 0.00294. The Balaban J connectivity index is 2.21. The van der Waals surface area contributed by atoms with Gasteiger partial charge in [0.1, 0.15) is 0 Å². The highest BCUT2D eigenvalue weighted by Gasteiger charge is 2.13. The lowest BCUT2D eigenvalue weighted by Crippen LogP contribution is -2.10. The van der Waals surface area contributed by atoms with Crippen molar-refractivity contribution in [3.05, 3.63) is 0 Å². The smallest absolute Gasteiger partial charge is 0.322 e. The molecule has 0 unspecified atom stereocenters. The van der Waals surface area contributed by atoms with Crippen molar-refractivity contribution < 1.29 is 4.74 Å². The van der Waals surface area contributed by atoms with Crippen LogP contribution in [0.2, 0.25) is 0 Å². The molecule has 0 aliphatic carbocycles. The summed E-state index contributed by atoms with van der Waals surface area (Å²) in [4.78, 5) is 14.6. The van der Waals surface area contributed by atoms with E-state index in [2.05, 4.69) is 30.5 Å². The van der Waals surface area contributed by atoms with Gasteiger partial charge >= 0.3 is 6.01 Å². The van der Waals surface area contributed by atoms with Crippen LogP contribution in [0.4, 0.5) is 11.1 Å². The van der Waals surface area contributed by atoms with Crippen LogP contribution in [-0.2, 0) is 0 Å². The Morgan fingerprint density at radius 1 is 1.19 bits per heavy atom. The topological polar surface area (TPSA) is 89.0 Å². The summed E-state index contributed by atoms with van der Waals surface area (Å²) in [6, 6.07) is 0.296. The Morgan fingerprint density at radius 3 is 2.52 bits per heavy atom. The standard InChI is InChI=1S/C11H17N7OS2/c1-6(2)19-8-13-7(12-3)14-9(15-8)20-11-17-16-10(21-11)18(4)5/h6H,1-5H3,(H,12,13,14,15). The minimum Gasteiger partial charge on any atom is -0.461 e. The molecule has 2 rings (SSSR count). The number of nitrogens with one attached hydrogen (secondary N) is 1. The molecule has 0 amide bonds. The average molecular weight is 327 g/mol. The largest absolute Gasteiger partial charge is 0.461 e. The number of nitrogens with zero attached hydrogens (tertiary/aromatic N) is 6. The summed E-state index contributed by atoms with van der Waals surface area (Å²) in [5, 5.41) is 12.4. The van der Waals surface area contributed by atoms with Crippen LogP contribution in [0.3, 0.4) is 0 Å². The number of hydrogen-bond donors (Lipinski definition) is 1. The molecule has 0 aliphatic heterocycles. The van der Waals surface area contributed by atoms with Crippen molar-refractivity contribution in [2.24, 2.45) is 0 Å². The Bertz CT molecular complexity index is 602. The molecule has 2 aromatic heterocycles.